The van der Waals surface area contributed by atoms with Gasteiger partial charge in [0, 0.05) is 39.4 Å². The Morgan fingerprint density at radius 1 is 1.25 bits per heavy atom. The Morgan fingerprint density at radius 2 is 2.00 bits per heavy atom. The van der Waals surface area contributed by atoms with E-state index in [2.05, 4.69) is 47.7 Å². The van der Waals surface area contributed by atoms with Crippen LogP contribution in [0.1, 0.15) is 38.3 Å². The summed E-state index contributed by atoms with van der Waals surface area (Å²) < 4.78 is 5.58. The van der Waals surface area contributed by atoms with Gasteiger partial charge in [-0.25, -0.2) is 4.99 Å². The Morgan fingerprint density at radius 3 is 2.71 bits per heavy atom. The third-order valence-electron chi connectivity index (χ3n) is 4.41. The second kappa shape index (κ2) is 13.8. The molecule has 0 radical (unpaired) electrons. The van der Waals surface area contributed by atoms with Gasteiger partial charge in [0.15, 0.2) is 5.96 Å². The number of carbonyl (C=O) groups is 1. The average molecular weight is 502 g/mol. The molecule has 0 atom stereocenters. The standard InChI is InChI=1S/C21H34N4O2.HI/c1-4-22-21(23-11-7-13-27-16-17(2)3)24-14-20(26)25-12-10-18-8-5-6-9-19(18)15-25;/h5-6,8-9,17H,4,7,10-16H2,1-3H3,(H2,22,23,24);1H. The number of nitrogens with one attached hydrogen (secondary N) is 2. The zero-order chi connectivity index (χ0) is 19.5. The summed E-state index contributed by atoms with van der Waals surface area (Å²) in [6, 6.07) is 8.34. The van der Waals surface area contributed by atoms with E-state index in [4.69, 9.17) is 4.74 Å². The second-order valence-electron chi connectivity index (χ2n) is 7.28. The van der Waals surface area contributed by atoms with Crippen LogP contribution in [0.2, 0.25) is 0 Å². The predicted molar refractivity (Wildman–Crippen MR) is 125 cm³/mol. The summed E-state index contributed by atoms with van der Waals surface area (Å²) in [7, 11) is 0. The maximum atomic E-state index is 12.5. The number of benzene rings is 1. The van der Waals surface area contributed by atoms with Gasteiger partial charge < -0.3 is 20.3 Å². The van der Waals surface area contributed by atoms with Crippen LogP contribution >= 0.6 is 24.0 Å². The number of hydrogen-bond acceptors (Lipinski definition) is 3. The number of halogens is 1. The van der Waals surface area contributed by atoms with Crippen molar-refractivity contribution in [1.82, 2.24) is 15.5 Å². The molecule has 0 aromatic heterocycles. The van der Waals surface area contributed by atoms with E-state index < -0.39 is 0 Å². The molecule has 2 N–H and O–H groups in total. The van der Waals surface area contributed by atoms with E-state index in [9.17, 15) is 4.79 Å². The number of fused-ring (bicyclic) bond motifs is 1. The van der Waals surface area contributed by atoms with E-state index >= 15 is 0 Å². The number of carbonyl (C=O) groups excluding carboxylic acids is 1. The van der Waals surface area contributed by atoms with Crippen molar-refractivity contribution in [3.8, 4) is 0 Å². The Bertz CT molecular complexity index is 622. The smallest absolute Gasteiger partial charge is 0.244 e. The van der Waals surface area contributed by atoms with Gasteiger partial charge in [0.05, 0.1) is 0 Å². The Labute approximate surface area is 186 Å². The Hall–Kier alpha value is -1.35. The molecule has 0 saturated carbocycles. The van der Waals surface area contributed by atoms with Crippen molar-refractivity contribution in [2.24, 2.45) is 10.9 Å². The van der Waals surface area contributed by atoms with Crippen LogP contribution < -0.4 is 10.6 Å². The van der Waals surface area contributed by atoms with Crippen LogP contribution in [0.4, 0.5) is 0 Å². The number of hydrogen-bond donors (Lipinski definition) is 2. The number of ether oxygens (including phenoxy) is 1. The van der Waals surface area contributed by atoms with Crippen molar-refractivity contribution >= 4 is 35.8 Å². The van der Waals surface area contributed by atoms with Gasteiger partial charge in [0.2, 0.25) is 5.91 Å². The van der Waals surface area contributed by atoms with Crippen molar-refractivity contribution in [2.75, 3.05) is 39.4 Å². The molecule has 1 aliphatic rings. The molecule has 0 unspecified atom stereocenters. The van der Waals surface area contributed by atoms with Crippen LogP contribution in [-0.2, 0) is 22.5 Å². The normalized spacial score (nSPS) is 13.7. The summed E-state index contributed by atoms with van der Waals surface area (Å²) in [5.41, 5.74) is 2.59. The first-order valence-corrected chi connectivity index (χ1v) is 10.0. The molecule has 0 saturated heterocycles. The predicted octanol–water partition coefficient (Wildman–Crippen LogP) is 2.81. The van der Waals surface area contributed by atoms with Crippen LogP contribution in [-0.4, -0.2) is 56.2 Å². The summed E-state index contributed by atoms with van der Waals surface area (Å²) in [4.78, 5) is 18.9. The summed E-state index contributed by atoms with van der Waals surface area (Å²) in [6.07, 6.45) is 1.83. The van der Waals surface area contributed by atoms with E-state index in [1.165, 1.54) is 11.1 Å². The molecule has 1 amide bonds. The lowest BCUT2D eigenvalue weighted by molar-refractivity contribution is -0.130. The Kier molecular flexibility index (Phi) is 12.1. The molecule has 1 aliphatic heterocycles. The number of guanidine groups is 1. The molecule has 2 rings (SSSR count). The fourth-order valence-electron chi connectivity index (χ4n) is 3.00. The molecule has 1 aromatic carbocycles. The highest BCUT2D eigenvalue weighted by molar-refractivity contribution is 14.0. The van der Waals surface area contributed by atoms with Crippen LogP contribution in [0, 0.1) is 5.92 Å². The fraction of sp³-hybridized carbons (Fsp3) is 0.619. The van der Waals surface area contributed by atoms with Crippen molar-refractivity contribution in [3.63, 3.8) is 0 Å². The number of nitrogens with zero attached hydrogens (tertiary/aromatic N) is 2. The zero-order valence-electron chi connectivity index (χ0n) is 17.4. The summed E-state index contributed by atoms with van der Waals surface area (Å²) in [5, 5.41) is 6.46. The quantitative estimate of drug-likeness (QED) is 0.236. The van der Waals surface area contributed by atoms with Crippen molar-refractivity contribution in [2.45, 2.75) is 40.2 Å². The third-order valence-corrected chi connectivity index (χ3v) is 4.41. The van der Waals surface area contributed by atoms with E-state index in [-0.39, 0.29) is 36.4 Å². The number of amides is 1. The SMILES string of the molecule is CCNC(=NCC(=O)N1CCc2ccccc2C1)NCCCOCC(C)C.I. The molecule has 1 heterocycles. The zero-order valence-corrected chi connectivity index (χ0v) is 19.7. The van der Waals surface area contributed by atoms with E-state index in [1.807, 2.05) is 17.9 Å². The van der Waals surface area contributed by atoms with Gasteiger partial charge >= 0.3 is 0 Å². The first-order chi connectivity index (χ1) is 13.1. The number of rotatable bonds is 9. The minimum atomic E-state index is 0. The lowest BCUT2D eigenvalue weighted by Crippen LogP contribution is -2.41. The minimum Gasteiger partial charge on any atom is -0.381 e. The lowest BCUT2D eigenvalue weighted by atomic mass is 10.00. The van der Waals surface area contributed by atoms with Gasteiger partial charge in [-0.2, -0.15) is 0 Å². The molecule has 158 valence electrons. The third kappa shape index (κ3) is 8.77. The van der Waals surface area contributed by atoms with Crippen molar-refractivity contribution < 1.29 is 9.53 Å². The molecular weight excluding hydrogens is 467 g/mol. The number of aliphatic imine (C=N–C) groups is 1. The van der Waals surface area contributed by atoms with Gasteiger partial charge in [-0.15, -0.1) is 24.0 Å². The van der Waals surface area contributed by atoms with Gasteiger partial charge in [-0.3, -0.25) is 4.79 Å². The molecule has 7 heteroatoms. The first-order valence-electron chi connectivity index (χ1n) is 10.0. The fourth-order valence-corrected chi connectivity index (χ4v) is 3.00. The van der Waals surface area contributed by atoms with E-state index in [1.54, 1.807) is 0 Å². The minimum absolute atomic E-state index is 0. The van der Waals surface area contributed by atoms with Crippen molar-refractivity contribution in [3.05, 3.63) is 35.4 Å². The lowest BCUT2D eigenvalue weighted by Gasteiger charge is -2.28. The van der Waals surface area contributed by atoms with Crippen molar-refractivity contribution in [1.29, 1.82) is 0 Å². The molecule has 0 spiro atoms. The topological polar surface area (TPSA) is 66.0 Å². The highest BCUT2D eigenvalue weighted by atomic mass is 127. The van der Waals surface area contributed by atoms with Gasteiger partial charge in [-0.1, -0.05) is 38.1 Å². The summed E-state index contributed by atoms with van der Waals surface area (Å²) >= 11 is 0. The molecular formula is C21H35IN4O2. The maximum absolute atomic E-state index is 12.5. The summed E-state index contributed by atoms with van der Waals surface area (Å²) in [5.74, 6) is 1.32. The van der Waals surface area contributed by atoms with Gasteiger partial charge in [0.1, 0.15) is 6.54 Å². The second-order valence-corrected chi connectivity index (χ2v) is 7.28. The highest BCUT2D eigenvalue weighted by Gasteiger charge is 2.19. The highest BCUT2D eigenvalue weighted by Crippen LogP contribution is 2.18. The van der Waals surface area contributed by atoms with Gasteiger partial charge in [-0.05, 0) is 36.8 Å². The van der Waals surface area contributed by atoms with Crippen LogP contribution in [0.25, 0.3) is 0 Å². The maximum Gasteiger partial charge on any atom is 0.244 e. The molecule has 1 aromatic rings. The Balaban J connectivity index is 0.00000392. The van der Waals surface area contributed by atoms with Crippen LogP contribution in [0.3, 0.4) is 0 Å². The molecule has 0 bridgehead atoms. The molecule has 6 nitrogen and oxygen atoms in total. The van der Waals surface area contributed by atoms with Gasteiger partial charge in [0.25, 0.3) is 0 Å². The molecule has 28 heavy (non-hydrogen) atoms. The van der Waals surface area contributed by atoms with E-state index in [0.717, 1.165) is 45.7 Å². The largest absolute Gasteiger partial charge is 0.381 e. The first kappa shape index (κ1) is 24.7. The summed E-state index contributed by atoms with van der Waals surface area (Å²) in [6.45, 7) is 11.0. The average Bonchev–Trinajstić information content (AvgIpc) is 2.67. The van der Waals surface area contributed by atoms with Crippen LogP contribution in [0.15, 0.2) is 29.3 Å². The van der Waals surface area contributed by atoms with Crippen LogP contribution in [0.5, 0.6) is 0 Å². The van der Waals surface area contributed by atoms with E-state index in [0.29, 0.717) is 18.4 Å². The molecule has 0 fully saturated rings. The monoisotopic (exact) mass is 502 g/mol. The molecule has 0 aliphatic carbocycles.